The number of anilines is 1. The van der Waals surface area contributed by atoms with E-state index in [0.717, 1.165) is 50.1 Å². The number of morpholine rings is 1. The molecule has 1 N–H and O–H groups in total. The molecule has 1 aromatic heterocycles. The molecule has 0 aromatic carbocycles. The molecule has 5 heteroatoms. The highest BCUT2D eigenvalue weighted by molar-refractivity contribution is 5.35. The Hall–Kier alpha value is -1.20. The van der Waals surface area contributed by atoms with Crippen molar-refractivity contribution in [2.75, 3.05) is 38.1 Å². The topological polar surface area (TPSA) is 50.3 Å². The van der Waals surface area contributed by atoms with Gasteiger partial charge in [0.05, 0.1) is 6.61 Å². The van der Waals surface area contributed by atoms with Gasteiger partial charge in [-0.2, -0.15) is 0 Å². The van der Waals surface area contributed by atoms with E-state index < -0.39 is 0 Å². The molecule has 1 saturated heterocycles. The number of ether oxygens (including phenoxy) is 1. The van der Waals surface area contributed by atoms with Crippen molar-refractivity contribution in [1.82, 2.24) is 14.9 Å². The van der Waals surface area contributed by atoms with Crippen molar-refractivity contribution in [2.45, 2.75) is 26.9 Å². The van der Waals surface area contributed by atoms with Gasteiger partial charge in [-0.1, -0.05) is 6.92 Å². The van der Waals surface area contributed by atoms with Gasteiger partial charge < -0.3 is 10.1 Å². The molecular weight excluding hydrogens is 228 g/mol. The number of nitrogens with one attached hydrogen (secondary N) is 1. The van der Waals surface area contributed by atoms with Gasteiger partial charge in [0.15, 0.2) is 5.82 Å². The van der Waals surface area contributed by atoms with Crippen molar-refractivity contribution in [1.29, 1.82) is 0 Å². The Kier molecular flexibility index (Phi) is 4.49. The maximum Gasteiger partial charge on any atom is 0.161 e. The molecule has 18 heavy (non-hydrogen) atoms. The minimum absolute atomic E-state index is 0.00370. The Morgan fingerprint density at radius 3 is 3.00 bits per heavy atom. The van der Waals surface area contributed by atoms with Gasteiger partial charge in [0, 0.05) is 31.4 Å². The van der Waals surface area contributed by atoms with Gasteiger partial charge >= 0.3 is 0 Å². The zero-order valence-corrected chi connectivity index (χ0v) is 11.4. The summed E-state index contributed by atoms with van der Waals surface area (Å²) >= 11 is 0. The molecule has 2 rings (SSSR count). The van der Waals surface area contributed by atoms with Crippen LogP contribution < -0.4 is 5.32 Å². The van der Waals surface area contributed by atoms with E-state index in [1.165, 1.54) is 0 Å². The van der Waals surface area contributed by atoms with Crippen LogP contribution in [-0.2, 0) is 4.74 Å². The first-order valence-corrected chi connectivity index (χ1v) is 6.66. The van der Waals surface area contributed by atoms with Crippen LogP contribution in [0.15, 0.2) is 6.07 Å². The largest absolute Gasteiger partial charge is 0.370 e. The van der Waals surface area contributed by atoms with Crippen LogP contribution in [0.2, 0.25) is 0 Å². The van der Waals surface area contributed by atoms with E-state index in [9.17, 15) is 0 Å². The van der Waals surface area contributed by atoms with E-state index in [1.807, 2.05) is 13.0 Å². The first kappa shape index (κ1) is 13.2. The minimum atomic E-state index is -0.00370. The Morgan fingerprint density at radius 1 is 1.44 bits per heavy atom. The lowest BCUT2D eigenvalue weighted by molar-refractivity contribution is -0.0325. The maximum absolute atomic E-state index is 5.79. The summed E-state index contributed by atoms with van der Waals surface area (Å²) < 4.78 is 5.79. The normalized spacial score (nSPS) is 20.9. The van der Waals surface area contributed by atoms with Crippen LogP contribution in [0.5, 0.6) is 0 Å². The summed E-state index contributed by atoms with van der Waals surface area (Å²) in [5.41, 5.74) is 0.980. The van der Waals surface area contributed by atoms with Crippen LogP contribution >= 0.6 is 0 Å². The van der Waals surface area contributed by atoms with Crippen LogP contribution in [0.3, 0.4) is 0 Å². The predicted octanol–water partition coefficient (Wildman–Crippen LogP) is 1.61. The smallest absolute Gasteiger partial charge is 0.161 e. The molecule has 1 unspecified atom stereocenters. The van der Waals surface area contributed by atoms with Crippen LogP contribution in [0, 0.1) is 6.92 Å². The van der Waals surface area contributed by atoms with Crippen molar-refractivity contribution in [3.63, 3.8) is 0 Å². The molecule has 0 saturated carbocycles. The molecular formula is C13H22N4O. The zero-order chi connectivity index (χ0) is 13.0. The molecule has 1 fully saturated rings. The van der Waals surface area contributed by atoms with E-state index >= 15 is 0 Å². The van der Waals surface area contributed by atoms with Gasteiger partial charge in [-0.25, -0.2) is 9.97 Å². The molecule has 0 spiro atoms. The van der Waals surface area contributed by atoms with E-state index in [-0.39, 0.29) is 6.10 Å². The Balaban J connectivity index is 2.16. The maximum atomic E-state index is 5.79. The second-order valence-corrected chi connectivity index (χ2v) is 4.54. The van der Waals surface area contributed by atoms with Gasteiger partial charge in [0.1, 0.15) is 11.9 Å². The Bertz CT molecular complexity index is 397. The quantitative estimate of drug-likeness (QED) is 0.880. The highest BCUT2D eigenvalue weighted by Crippen LogP contribution is 2.20. The highest BCUT2D eigenvalue weighted by atomic mass is 16.5. The fourth-order valence-corrected chi connectivity index (χ4v) is 2.15. The van der Waals surface area contributed by atoms with Gasteiger partial charge in [-0.3, -0.25) is 4.90 Å². The van der Waals surface area contributed by atoms with E-state index in [0.29, 0.717) is 0 Å². The van der Waals surface area contributed by atoms with Crippen molar-refractivity contribution >= 4 is 5.82 Å². The number of likely N-dealkylation sites (N-methyl/N-ethyl adjacent to an activating group) is 1. The molecule has 1 atom stereocenters. The van der Waals surface area contributed by atoms with Gasteiger partial charge in [-0.15, -0.1) is 0 Å². The zero-order valence-electron chi connectivity index (χ0n) is 11.4. The molecule has 5 nitrogen and oxygen atoms in total. The number of aryl methyl sites for hydroxylation is 1. The summed E-state index contributed by atoms with van der Waals surface area (Å²) in [7, 11) is 0. The Morgan fingerprint density at radius 2 is 2.28 bits per heavy atom. The summed E-state index contributed by atoms with van der Waals surface area (Å²) in [6, 6.07) is 1.97. The molecule has 0 aliphatic carbocycles. The molecule has 1 aliphatic rings. The summed E-state index contributed by atoms with van der Waals surface area (Å²) in [5.74, 6) is 1.68. The fraction of sp³-hybridized carbons (Fsp3) is 0.692. The van der Waals surface area contributed by atoms with Crippen LogP contribution in [-0.4, -0.2) is 47.7 Å². The lowest BCUT2D eigenvalue weighted by Gasteiger charge is -2.31. The van der Waals surface area contributed by atoms with Crippen LogP contribution in [0.25, 0.3) is 0 Å². The summed E-state index contributed by atoms with van der Waals surface area (Å²) in [4.78, 5) is 11.4. The van der Waals surface area contributed by atoms with Gasteiger partial charge in [-0.05, 0) is 20.4 Å². The molecule has 1 aliphatic heterocycles. The van der Waals surface area contributed by atoms with Crippen molar-refractivity contribution in [2.24, 2.45) is 0 Å². The number of hydrogen-bond acceptors (Lipinski definition) is 5. The third kappa shape index (κ3) is 3.17. The first-order valence-electron chi connectivity index (χ1n) is 6.66. The van der Waals surface area contributed by atoms with Gasteiger partial charge in [0.25, 0.3) is 0 Å². The van der Waals surface area contributed by atoms with Crippen LogP contribution in [0.1, 0.15) is 31.5 Å². The molecule has 1 aromatic rings. The molecule has 2 heterocycles. The van der Waals surface area contributed by atoms with Crippen molar-refractivity contribution in [3.05, 3.63) is 17.6 Å². The second kappa shape index (κ2) is 6.11. The number of hydrogen-bond donors (Lipinski definition) is 1. The minimum Gasteiger partial charge on any atom is -0.370 e. The van der Waals surface area contributed by atoms with E-state index in [4.69, 9.17) is 4.74 Å². The van der Waals surface area contributed by atoms with Crippen molar-refractivity contribution < 1.29 is 4.74 Å². The SMILES string of the molecule is CCNc1cc(C)nc(C2CN(CC)CCO2)n1. The third-order valence-corrected chi connectivity index (χ3v) is 3.12. The average molecular weight is 250 g/mol. The standard InChI is InChI=1S/C13H22N4O/c1-4-14-12-8-10(3)15-13(16-12)11-9-17(5-2)6-7-18-11/h8,11H,4-7,9H2,1-3H3,(H,14,15,16). The lowest BCUT2D eigenvalue weighted by atomic mass is 10.2. The second-order valence-electron chi connectivity index (χ2n) is 4.54. The first-order chi connectivity index (χ1) is 8.72. The van der Waals surface area contributed by atoms with E-state index in [1.54, 1.807) is 0 Å². The summed E-state index contributed by atoms with van der Waals surface area (Å²) in [6.07, 6.45) is -0.00370. The Labute approximate surface area is 109 Å². The number of aromatic nitrogens is 2. The third-order valence-electron chi connectivity index (χ3n) is 3.12. The lowest BCUT2D eigenvalue weighted by Crippen LogP contribution is -2.38. The van der Waals surface area contributed by atoms with Crippen LogP contribution in [0.4, 0.5) is 5.82 Å². The number of nitrogens with zero attached hydrogens (tertiary/aromatic N) is 3. The van der Waals surface area contributed by atoms with Gasteiger partial charge in [0.2, 0.25) is 0 Å². The number of rotatable bonds is 4. The molecule has 0 amide bonds. The molecule has 100 valence electrons. The van der Waals surface area contributed by atoms with E-state index in [2.05, 4.69) is 34.0 Å². The fourth-order valence-electron chi connectivity index (χ4n) is 2.15. The monoisotopic (exact) mass is 250 g/mol. The highest BCUT2D eigenvalue weighted by Gasteiger charge is 2.23. The average Bonchev–Trinajstić information content (AvgIpc) is 2.38. The summed E-state index contributed by atoms with van der Waals surface area (Å²) in [6.45, 7) is 10.8. The summed E-state index contributed by atoms with van der Waals surface area (Å²) in [5, 5.41) is 3.23. The predicted molar refractivity (Wildman–Crippen MR) is 71.7 cm³/mol. The molecule has 0 radical (unpaired) electrons. The van der Waals surface area contributed by atoms with Crippen molar-refractivity contribution in [3.8, 4) is 0 Å². The molecule has 0 bridgehead atoms.